The fraction of sp³-hybridized carbons (Fsp3) is 0.444. The van der Waals surface area contributed by atoms with Gasteiger partial charge in [0.15, 0.2) is 11.5 Å². The Morgan fingerprint density at radius 3 is 2.78 bits per heavy atom. The van der Waals surface area contributed by atoms with Crippen molar-refractivity contribution < 1.29 is 14.6 Å². The molecule has 0 saturated heterocycles. The Bertz CT molecular complexity index is 640. The van der Waals surface area contributed by atoms with Crippen molar-refractivity contribution >= 4 is 11.3 Å². The smallest absolute Gasteiger partial charge is 0.161 e. The van der Waals surface area contributed by atoms with E-state index in [9.17, 15) is 5.11 Å². The summed E-state index contributed by atoms with van der Waals surface area (Å²) in [5.41, 5.74) is 1.19. The zero-order valence-electron chi connectivity index (χ0n) is 13.5. The summed E-state index contributed by atoms with van der Waals surface area (Å²) in [6.07, 6.45) is 0.904. The first kappa shape index (κ1) is 16.3. The van der Waals surface area contributed by atoms with Crippen LogP contribution >= 0.6 is 11.3 Å². The third-order valence-electron chi connectivity index (χ3n) is 4.17. The molecular formula is C18H23NO3S. The summed E-state index contributed by atoms with van der Waals surface area (Å²) in [6, 6.07) is 8.11. The summed E-state index contributed by atoms with van der Waals surface area (Å²) in [6.45, 7) is 5.79. The van der Waals surface area contributed by atoms with Crippen LogP contribution in [0.1, 0.15) is 37.4 Å². The number of hydrogen-bond acceptors (Lipinski definition) is 5. The van der Waals surface area contributed by atoms with Crippen LogP contribution in [-0.4, -0.2) is 24.9 Å². The molecule has 5 heteroatoms. The van der Waals surface area contributed by atoms with E-state index < -0.39 is 5.60 Å². The largest absolute Gasteiger partial charge is 0.490 e. The highest BCUT2D eigenvalue weighted by Crippen LogP contribution is 2.32. The first-order valence-electron chi connectivity index (χ1n) is 7.94. The molecular weight excluding hydrogens is 310 g/mol. The molecule has 2 aromatic rings. The fourth-order valence-electron chi connectivity index (χ4n) is 2.59. The highest BCUT2D eigenvalue weighted by atomic mass is 32.1. The lowest BCUT2D eigenvalue weighted by Gasteiger charge is -2.26. The van der Waals surface area contributed by atoms with Crippen LogP contribution in [0.25, 0.3) is 0 Å². The van der Waals surface area contributed by atoms with Gasteiger partial charge in [0.25, 0.3) is 0 Å². The molecule has 0 saturated carbocycles. The molecule has 1 aromatic heterocycles. The van der Waals surface area contributed by atoms with E-state index in [1.807, 2.05) is 41.9 Å². The zero-order chi connectivity index (χ0) is 16.3. The molecule has 0 bridgehead atoms. The summed E-state index contributed by atoms with van der Waals surface area (Å²) in [5, 5.41) is 18.0. The fourth-order valence-corrected chi connectivity index (χ4v) is 3.37. The normalized spacial score (nSPS) is 18.0. The van der Waals surface area contributed by atoms with Crippen molar-refractivity contribution in [3.63, 3.8) is 0 Å². The number of hydrogen-bond donors (Lipinski definition) is 2. The average molecular weight is 333 g/mol. The molecule has 2 heterocycles. The summed E-state index contributed by atoms with van der Waals surface area (Å²) < 4.78 is 11.4. The molecule has 124 valence electrons. The summed E-state index contributed by atoms with van der Waals surface area (Å²) >= 11 is 1.60. The van der Waals surface area contributed by atoms with Crippen LogP contribution in [0.5, 0.6) is 11.5 Å². The SMILES string of the molecule is C[C@@H](NC[C@](C)(O)c1ccsc1)c1ccc2c(c1)OCCCO2. The Balaban J connectivity index is 1.66. The minimum absolute atomic E-state index is 0.109. The molecule has 0 unspecified atom stereocenters. The van der Waals surface area contributed by atoms with Gasteiger partial charge in [-0.3, -0.25) is 0 Å². The van der Waals surface area contributed by atoms with Gasteiger partial charge in [0.1, 0.15) is 5.60 Å². The minimum atomic E-state index is -0.875. The molecule has 1 aromatic carbocycles. The molecule has 1 aliphatic heterocycles. The second-order valence-corrected chi connectivity index (χ2v) is 6.93. The molecule has 4 nitrogen and oxygen atoms in total. The molecule has 0 aliphatic carbocycles. The van der Waals surface area contributed by atoms with Gasteiger partial charge in [-0.25, -0.2) is 0 Å². The first-order valence-corrected chi connectivity index (χ1v) is 8.88. The van der Waals surface area contributed by atoms with Crippen LogP contribution in [0.15, 0.2) is 35.0 Å². The van der Waals surface area contributed by atoms with Gasteiger partial charge in [-0.2, -0.15) is 11.3 Å². The lowest BCUT2D eigenvalue weighted by Crippen LogP contribution is -2.36. The first-order chi connectivity index (χ1) is 11.1. The maximum Gasteiger partial charge on any atom is 0.161 e. The van der Waals surface area contributed by atoms with Gasteiger partial charge in [-0.05, 0) is 53.9 Å². The van der Waals surface area contributed by atoms with Crippen molar-refractivity contribution in [3.8, 4) is 11.5 Å². The number of aliphatic hydroxyl groups is 1. The maximum absolute atomic E-state index is 10.6. The van der Waals surface area contributed by atoms with Crippen LogP contribution in [-0.2, 0) is 5.60 Å². The maximum atomic E-state index is 10.6. The lowest BCUT2D eigenvalue weighted by atomic mass is 9.98. The third kappa shape index (κ3) is 3.86. The van der Waals surface area contributed by atoms with E-state index in [1.54, 1.807) is 11.3 Å². The predicted octanol–water partition coefficient (Wildman–Crippen LogP) is 3.47. The van der Waals surface area contributed by atoms with E-state index in [2.05, 4.69) is 12.2 Å². The quantitative estimate of drug-likeness (QED) is 0.880. The van der Waals surface area contributed by atoms with E-state index in [0.29, 0.717) is 19.8 Å². The van der Waals surface area contributed by atoms with Gasteiger partial charge >= 0.3 is 0 Å². The van der Waals surface area contributed by atoms with Crippen LogP contribution in [0.2, 0.25) is 0 Å². The summed E-state index contributed by atoms with van der Waals surface area (Å²) in [4.78, 5) is 0. The van der Waals surface area contributed by atoms with Gasteiger partial charge in [0.2, 0.25) is 0 Å². The number of ether oxygens (including phenoxy) is 2. The third-order valence-corrected chi connectivity index (χ3v) is 4.85. The topological polar surface area (TPSA) is 50.7 Å². The van der Waals surface area contributed by atoms with Crippen molar-refractivity contribution in [2.45, 2.75) is 31.9 Å². The highest BCUT2D eigenvalue weighted by Gasteiger charge is 2.24. The average Bonchev–Trinajstić information content (AvgIpc) is 2.99. The van der Waals surface area contributed by atoms with E-state index >= 15 is 0 Å². The second-order valence-electron chi connectivity index (χ2n) is 6.15. The number of rotatable bonds is 5. The highest BCUT2D eigenvalue weighted by molar-refractivity contribution is 7.08. The minimum Gasteiger partial charge on any atom is -0.490 e. The molecule has 0 fully saturated rings. The molecule has 2 N–H and O–H groups in total. The summed E-state index contributed by atoms with van der Waals surface area (Å²) in [7, 11) is 0. The molecule has 0 amide bonds. The van der Waals surface area contributed by atoms with E-state index in [0.717, 1.165) is 29.0 Å². The van der Waals surface area contributed by atoms with Crippen molar-refractivity contribution in [1.29, 1.82) is 0 Å². The monoisotopic (exact) mass is 333 g/mol. The Labute approximate surface area is 141 Å². The molecule has 0 radical (unpaired) electrons. The second kappa shape index (κ2) is 6.91. The van der Waals surface area contributed by atoms with Gasteiger partial charge in [-0.15, -0.1) is 0 Å². The Hall–Kier alpha value is -1.56. The number of nitrogens with one attached hydrogen (secondary N) is 1. The number of benzene rings is 1. The van der Waals surface area contributed by atoms with Crippen LogP contribution in [0.3, 0.4) is 0 Å². The summed E-state index contributed by atoms with van der Waals surface area (Å²) in [5.74, 6) is 1.61. The van der Waals surface area contributed by atoms with Crippen LogP contribution < -0.4 is 14.8 Å². The lowest BCUT2D eigenvalue weighted by molar-refractivity contribution is 0.0548. The molecule has 1 aliphatic rings. The molecule has 0 spiro atoms. The van der Waals surface area contributed by atoms with E-state index in [1.165, 1.54) is 0 Å². The van der Waals surface area contributed by atoms with E-state index in [-0.39, 0.29) is 6.04 Å². The Morgan fingerprint density at radius 2 is 2.04 bits per heavy atom. The van der Waals surface area contributed by atoms with Crippen LogP contribution in [0, 0.1) is 0 Å². The van der Waals surface area contributed by atoms with Crippen LogP contribution in [0.4, 0.5) is 0 Å². The number of fused-ring (bicyclic) bond motifs is 1. The van der Waals surface area contributed by atoms with Gasteiger partial charge in [-0.1, -0.05) is 6.07 Å². The Morgan fingerprint density at radius 1 is 1.26 bits per heavy atom. The zero-order valence-corrected chi connectivity index (χ0v) is 14.4. The molecule has 3 rings (SSSR count). The van der Waals surface area contributed by atoms with Crippen molar-refractivity contribution in [1.82, 2.24) is 5.32 Å². The molecule has 23 heavy (non-hydrogen) atoms. The van der Waals surface area contributed by atoms with E-state index in [4.69, 9.17) is 9.47 Å². The van der Waals surface area contributed by atoms with Gasteiger partial charge in [0.05, 0.1) is 13.2 Å². The van der Waals surface area contributed by atoms with Gasteiger partial charge in [0, 0.05) is 19.0 Å². The van der Waals surface area contributed by atoms with Crippen molar-refractivity contribution in [2.75, 3.05) is 19.8 Å². The number of thiophene rings is 1. The van der Waals surface area contributed by atoms with Crippen molar-refractivity contribution in [2.24, 2.45) is 0 Å². The van der Waals surface area contributed by atoms with Gasteiger partial charge < -0.3 is 19.9 Å². The predicted molar refractivity (Wildman–Crippen MR) is 92.4 cm³/mol. The van der Waals surface area contributed by atoms with Crippen molar-refractivity contribution in [3.05, 3.63) is 46.2 Å². The molecule has 2 atom stereocenters. The standard InChI is InChI=1S/C18H23NO3S/c1-13(19-12-18(2,20)15-6-9-23-11-15)14-4-5-16-17(10-14)22-8-3-7-21-16/h4-6,9-11,13,19-20H,3,7-8,12H2,1-2H3/t13-,18+/m1/s1. The Kier molecular flexibility index (Phi) is 4.90.